The van der Waals surface area contributed by atoms with Crippen LogP contribution in [0.1, 0.15) is 0 Å². The molecule has 0 aliphatic carbocycles. The molecule has 0 bridgehead atoms. The van der Waals surface area contributed by atoms with E-state index in [1.54, 1.807) is 0 Å². The van der Waals surface area contributed by atoms with Gasteiger partial charge in [0.05, 0.1) is 4.90 Å². The molecule has 6 rings (SSSR count). The molecule has 0 aliphatic heterocycles. The Morgan fingerprint density at radius 2 is 0.900 bits per heavy atom. The van der Waals surface area contributed by atoms with Crippen molar-refractivity contribution in [1.82, 2.24) is 0 Å². The van der Waals surface area contributed by atoms with E-state index >= 15 is 0 Å². The van der Waals surface area contributed by atoms with Gasteiger partial charge in [0.15, 0.2) is 0 Å². The van der Waals surface area contributed by atoms with Gasteiger partial charge in [-0.25, -0.2) is 0 Å². The quantitative estimate of drug-likeness (QED) is 0.0387. The number of phenols is 4. The molecular weight excluding hydrogens is 877 g/mol. The first-order valence-corrected chi connectivity index (χ1v) is 21.6. The Morgan fingerprint density at radius 1 is 0.483 bits per heavy atom. The van der Waals surface area contributed by atoms with Crippen LogP contribution in [-0.2, 0) is 40.5 Å². The van der Waals surface area contributed by atoms with Crippen molar-refractivity contribution in [2.45, 2.75) is 19.6 Å². The van der Waals surface area contributed by atoms with Crippen LogP contribution in [0.2, 0.25) is 0 Å². The Morgan fingerprint density at radius 3 is 1.28 bits per heavy atom. The van der Waals surface area contributed by atoms with Gasteiger partial charge in [-0.1, -0.05) is 0 Å². The Labute approximate surface area is 337 Å². The molecule has 0 radical (unpaired) electrons. The van der Waals surface area contributed by atoms with Crippen molar-refractivity contribution in [3.05, 3.63) is 72.8 Å². The van der Waals surface area contributed by atoms with Gasteiger partial charge in [0.1, 0.15) is 0 Å². The van der Waals surface area contributed by atoms with Gasteiger partial charge in [0.2, 0.25) is 0 Å². The molecule has 0 saturated heterocycles. The van der Waals surface area contributed by atoms with E-state index in [-0.39, 0.29) is 44.1 Å². The number of hydrogen-bond acceptors (Lipinski definition) is 19. The summed E-state index contributed by atoms with van der Waals surface area (Å²) < 4.78 is 134. The molecule has 0 spiro atoms. The van der Waals surface area contributed by atoms with Gasteiger partial charge in [0, 0.05) is 0 Å². The van der Waals surface area contributed by atoms with E-state index in [0.29, 0.717) is 0 Å². The topological polar surface area (TPSA) is 412 Å². The van der Waals surface area contributed by atoms with Gasteiger partial charge in [-0.2, -0.15) is 16.8 Å². The van der Waals surface area contributed by atoms with E-state index in [1.807, 2.05) is 0 Å². The standard InChI is InChI=1S/C32H24BN7O16S4/c34-19-11-17(57(45,46)47)5-13-7-25(59(51,52)53)29(31(43)27(13)19)39-37-21-3-1-15(9-23(21)41)33-36-16-2-4-22(24(42)10-16)38-40-30-26(60(54,55)56)8-14-6-18(58(48,49)50)12-20(35)28(14)32(30)44/h1-12,41-44H,34-35H2,(H,45,46,47)(H,48,49,50)(H,51,52,53)(H,54,55,56). The van der Waals surface area contributed by atoms with Crippen molar-refractivity contribution in [2.75, 3.05) is 11.5 Å². The maximum absolute atomic E-state index is 12.2. The van der Waals surface area contributed by atoms with Gasteiger partial charge in [-0.3, -0.25) is 9.11 Å². The molecule has 310 valence electrons. The SMILES string of the molecule is Nc1cc(S(=O)(=O)O)cc2cc(S(=O)(=O)O)c(N=Nc3ccc(B=Nc4ccc(N=Nc5c(S(=O)(=O)O)cc6cc(S(=O)(=O)O)cc(N)c6c5O)c(O)c4)cc3O)c(O)c12. The molecule has 60 heavy (non-hydrogen) atoms. The molecule has 6 aromatic carbocycles. The summed E-state index contributed by atoms with van der Waals surface area (Å²) in [6.45, 7) is 0. The third-order valence-corrected chi connectivity index (χ3v) is 11.7. The number of nitrogens with zero attached hydrogens (tertiary/aromatic N) is 5. The van der Waals surface area contributed by atoms with Crippen molar-refractivity contribution < 1.29 is 72.3 Å². The number of nitrogens with two attached hydrogens (primary N) is 2. The van der Waals surface area contributed by atoms with Crippen LogP contribution in [0.3, 0.4) is 0 Å². The average Bonchev–Trinajstić information content (AvgIpc) is 3.12. The summed E-state index contributed by atoms with van der Waals surface area (Å²) in [6, 6.07) is 11.9. The number of rotatable bonds is 10. The molecule has 0 saturated carbocycles. The van der Waals surface area contributed by atoms with Crippen LogP contribution in [0, 0.1) is 0 Å². The normalized spacial score (nSPS) is 12.9. The number of nitrogen functional groups attached to an aromatic ring is 2. The summed E-state index contributed by atoms with van der Waals surface area (Å²) in [5, 5.41) is 56.6. The summed E-state index contributed by atoms with van der Waals surface area (Å²) in [6.07, 6.45) is 0. The Bertz CT molecular complexity index is 3180. The predicted molar refractivity (Wildman–Crippen MR) is 211 cm³/mol. The molecule has 12 N–H and O–H groups in total. The molecule has 0 aliphatic rings. The van der Waals surface area contributed by atoms with Crippen LogP contribution in [0.4, 0.5) is 39.8 Å². The molecule has 0 fully saturated rings. The molecule has 0 amide bonds. The number of phenolic OH excluding ortho intramolecular Hbond substituents is 4. The third kappa shape index (κ3) is 8.69. The zero-order chi connectivity index (χ0) is 44.3. The number of anilines is 2. The van der Waals surface area contributed by atoms with Gasteiger partial charge in [0.25, 0.3) is 20.2 Å². The molecule has 0 aromatic heterocycles. The van der Waals surface area contributed by atoms with E-state index in [1.165, 1.54) is 31.3 Å². The maximum atomic E-state index is 12.2. The van der Waals surface area contributed by atoms with Crippen LogP contribution in [0.15, 0.2) is 118 Å². The van der Waals surface area contributed by atoms with Gasteiger partial charge in [-0.05, 0) is 0 Å². The fourth-order valence-electron chi connectivity index (χ4n) is 5.61. The van der Waals surface area contributed by atoms with E-state index in [4.69, 9.17) is 11.5 Å². The van der Waals surface area contributed by atoms with Crippen LogP contribution in [-0.4, -0.2) is 79.4 Å². The van der Waals surface area contributed by atoms with Crippen LogP contribution in [0.5, 0.6) is 23.0 Å². The summed E-state index contributed by atoms with van der Waals surface area (Å²) in [5.41, 5.74) is 8.95. The van der Waals surface area contributed by atoms with Crippen molar-refractivity contribution >= 4 is 114 Å². The van der Waals surface area contributed by atoms with E-state index in [0.717, 1.165) is 48.5 Å². The number of azo groups is 2. The second-order valence-corrected chi connectivity index (χ2v) is 18.0. The van der Waals surface area contributed by atoms with Crippen molar-refractivity contribution in [1.29, 1.82) is 0 Å². The second-order valence-electron chi connectivity index (χ2n) is 12.3. The van der Waals surface area contributed by atoms with Gasteiger partial charge in [-0.15, -0.1) is 0 Å². The average molecular weight is 902 g/mol. The number of aromatic hydroxyl groups is 4. The van der Waals surface area contributed by atoms with Crippen molar-refractivity contribution in [3.8, 4) is 23.0 Å². The van der Waals surface area contributed by atoms with Gasteiger partial charge < -0.3 is 0 Å². The first-order valence-electron chi connectivity index (χ1n) is 15.9. The van der Waals surface area contributed by atoms with E-state index in [2.05, 4.69) is 25.4 Å². The zero-order valence-electron chi connectivity index (χ0n) is 29.4. The molecule has 0 unspecified atom stereocenters. The molecule has 0 atom stereocenters. The number of fused-ring (bicyclic) bond motifs is 2. The van der Waals surface area contributed by atoms with Crippen molar-refractivity contribution in [3.63, 3.8) is 0 Å². The summed E-state index contributed by atoms with van der Waals surface area (Å²) >= 11 is 0. The fourth-order valence-corrected chi connectivity index (χ4v) is 8.02. The number of benzene rings is 6. The molecular formula is C32H24BN7O16S4. The van der Waals surface area contributed by atoms with Gasteiger partial charge >= 0.3 is 288 Å². The molecule has 6 aromatic rings. The summed E-state index contributed by atoms with van der Waals surface area (Å²) in [4.78, 5) is 0.633. The second kappa shape index (κ2) is 15.2. The van der Waals surface area contributed by atoms with Crippen LogP contribution < -0.4 is 16.9 Å². The number of hydrogen-bond donors (Lipinski definition) is 10. The summed E-state index contributed by atoms with van der Waals surface area (Å²) in [7, 11) is -18.7. The van der Waals surface area contributed by atoms with Crippen molar-refractivity contribution in [2.24, 2.45) is 25.4 Å². The Kier molecular flexibility index (Phi) is 10.9. The first kappa shape index (κ1) is 42.9. The van der Waals surface area contributed by atoms with E-state index in [9.17, 15) is 72.3 Å². The first-order chi connectivity index (χ1) is 27.7. The zero-order valence-corrected chi connectivity index (χ0v) is 32.6. The predicted octanol–water partition coefficient (Wildman–Crippen LogP) is 4.64. The monoisotopic (exact) mass is 901 g/mol. The minimum absolute atomic E-state index is 0.0943. The van der Waals surface area contributed by atoms with Crippen LogP contribution >= 0.6 is 0 Å². The molecule has 28 heteroatoms. The molecule has 0 heterocycles. The van der Waals surface area contributed by atoms with Crippen LogP contribution in [0.25, 0.3) is 21.5 Å². The molecule has 23 nitrogen and oxygen atoms in total. The van der Waals surface area contributed by atoms with E-state index < -0.39 is 106 Å². The Hall–Kier alpha value is -6.66. The minimum atomic E-state index is -5.15. The third-order valence-electron chi connectivity index (χ3n) is 8.30. The Balaban J connectivity index is 1.27. The summed E-state index contributed by atoms with van der Waals surface area (Å²) in [5.74, 6) is -3.01. The fraction of sp³-hybridized carbons (Fsp3) is 0.